The molecule has 5 aromatic carbocycles. The van der Waals surface area contributed by atoms with Crippen molar-refractivity contribution in [1.29, 1.82) is 0 Å². The van der Waals surface area contributed by atoms with Crippen molar-refractivity contribution in [3.05, 3.63) is 114 Å². The van der Waals surface area contributed by atoms with Gasteiger partial charge in [0.05, 0.1) is 0 Å². The maximum Gasteiger partial charge on any atom is 0.339 e. The van der Waals surface area contributed by atoms with Crippen molar-refractivity contribution in [2.24, 2.45) is 0 Å². The van der Waals surface area contributed by atoms with Crippen molar-refractivity contribution >= 4 is 49.2 Å². The zero-order valence-corrected chi connectivity index (χ0v) is 23.8. The first-order valence-electron chi connectivity index (χ1n) is 13.4. The molecule has 0 spiro atoms. The van der Waals surface area contributed by atoms with E-state index in [0.717, 1.165) is 27.4 Å². The SMILES string of the molecule is CN(C)c1cccc2c(S(=O)(=O)Oc3ccc4c(c3)CN(C(=O)c3ccc5ccccc5c3)[C@H](C(=O)O)C4)cccc12. The molecule has 5 aromatic rings. The first kappa shape index (κ1) is 27.3. The van der Waals surface area contributed by atoms with Crippen LogP contribution in [-0.2, 0) is 27.9 Å². The van der Waals surface area contributed by atoms with E-state index in [2.05, 4.69) is 0 Å². The van der Waals surface area contributed by atoms with Crippen molar-refractivity contribution in [2.75, 3.05) is 19.0 Å². The van der Waals surface area contributed by atoms with Crippen LogP contribution in [0.15, 0.2) is 102 Å². The second-order valence-electron chi connectivity index (χ2n) is 10.5. The van der Waals surface area contributed by atoms with E-state index < -0.39 is 28.0 Å². The summed E-state index contributed by atoms with van der Waals surface area (Å²) >= 11 is 0. The van der Waals surface area contributed by atoms with E-state index in [9.17, 15) is 23.1 Å². The molecule has 0 aliphatic carbocycles. The van der Waals surface area contributed by atoms with Crippen LogP contribution in [-0.4, -0.2) is 50.4 Å². The van der Waals surface area contributed by atoms with Gasteiger partial charge in [-0.15, -0.1) is 0 Å². The van der Waals surface area contributed by atoms with Gasteiger partial charge in [-0.05, 0) is 58.3 Å². The van der Waals surface area contributed by atoms with Crippen LogP contribution in [0.25, 0.3) is 21.5 Å². The highest BCUT2D eigenvalue weighted by molar-refractivity contribution is 7.87. The highest BCUT2D eigenvalue weighted by Crippen LogP contribution is 2.33. The van der Waals surface area contributed by atoms with Crippen LogP contribution in [0.1, 0.15) is 21.5 Å². The number of carbonyl (C=O) groups excluding carboxylic acids is 1. The molecule has 1 amide bonds. The van der Waals surface area contributed by atoms with Crippen molar-refractivity contribution in [2.45, 2.75) is 23.9 Å². The predicted octanol–water partition coefficient (Wildman–Crippen LogP) is 5.48. The van der Waals surface area contributed by atoms with Gasteiger partial charge in [0.25, 0.3) is 5.91 Å². The molecule has 42 heavy (non-hydrogen) atoms. The summed E-state index contributed by atoms with van der Waals surface area (Å²) in [5, 5.41) is 13.1. The number of anilines is 1. The second-order valence-corrected chi connectivity index (χ2v) is 12.1. The Morgan fingerprint density at radius 1 is 0.833 bits per heavy atom. The molecule has 0 saturated heterocycles. The summed E-state index contributed by atoms with van der Waals surface area (Å²) in [6.45, 7) is -0.00430. The number of carbonyl (C=O) groups is 2. The molecule has 6 rings (SSSR count). The largest absolute Gasteiger partial charge is 0.480 e. The standard InChI is InChI=1S/C33H28N2O6S/c1-34(2)29-11-5-10-28-27(29)9-6-12-31(28)42(39,40)41-26-16-15-23-19-30(33(37)38)35(20-25(23)18-26)32(36)24-14-13-21-7-3-4-8-22(21)17-24/h3-18,30H,19-20H2,1-2H3,(H,37,38)/t30-/m0/s1. The molecule has 0 fully saturated rings. The fourth-order valence-corrected chi connectivity index (χ4v) is 6.72. The Labute approximate surface area is 243 Å². The Balaban J connectivity index is 1.32. The smallest absolute Gasteiger partial charge is 0.339 e. The number of rotatable bonds is 6. The Morgan fingerprint density at radius 3 is 2.33 bits per heavy atom. The summed E-state index contributed by atoms with van der Waals surface area (Å²) in [7, 11) is -0.437. The third-order valence-electron chi connectivity index (χ3n) is 7.67. The summed E-state index contributed by atoms with van der Waals surface area (Å²) in [6, 6.07) is 27.1. The van der Waals surface area contributed by atoms with Gasteiger partial charge in [-0.1, -0.05) is 60.7 Å². The molecular weight excluding hydrogens is 552 g/mol. The molecule has 1 atom stereocenters. The zero-order chi connectivity index (χ0) is 29.6. The van der Waals surface area contributed by atoms with Gasteiger partial charge in [0.2, 0.25) is 0 Å². The van der Waals surface area contributed by atoms with Gasteiger partial charge in [0.15, 0.2) is 0 Å². The number of carboxylic acid groups (broad SMARTS) is 1. The Morgan fingerprint density at radius 2 is 1.57 bits per heavy atom. The molecule has 0 bridgehead atoms. The van der Waals surface area contributed by atoms with E-state index in [4.69, 9.17) is 4.18 Å². The lowest BCUT2D eigenvalue weighted by atomic mass is 9.93. The van der Waals surface area contributed by atoms with E-state index in [-0.39, 0.29) is 23.6 Å². The van der Waals surface area contributed by atoms with Gasteiger partial charge in [0, 0.05) is 49.1 Å². The summed E-state index contributed by atoms with van der Waals surface area (Å²) in [4.78, 5) is 29.1. The fourth-order valence-electron chi connectivity index (χ4n) is 5.58. The minimum absolute atomic E-state index is 0.00430. The van der Waals surface area contributed by atoms with E-state index in [0.29, 0.717) is 16.5 Å². The molecular formula is C33H28N2O6S. The molecule has 1 aliphatic rings. The Kier molecular flexibility index (Phi) is 6.82. The number of hydrogen-bond donors (Lipinski definition) is 1. The molecule has 9 heteroatoms. The number of benzene rings is 5. The van der Waals surface area contributed by atoms with E-state index >= 15 is 0 Å². The minimum Gasteiger partial charge on any atom is -0.480 e. The first-order chi connectivity index (χ1) is 20.1. The van der Waals surface area contributed by atoms with Gasteiger partial charge >= 0.3 is 16.1 Å². The van der Waals surface area contributed by atoms with Gasteiger partial charge in [-0.3, -0.25) is 4.79 Å². The monoisotopic (exact) mass is 580 g/mol. The predicted molar refractivity (Wildman–Crippen MR) is 161 cm³/mol. The van der Waals surface area contributed by atoms with Gasteiger partial charge in [-0.25, -0.2) is 4.79 Å². The van der Waals surface area contributed by atoms with Crippen molar-refractivity contribution in [1.82, 2.24) is 4.90 Å². The fraction of sp³-hybridized carbons (Fsp3) is 0.152. The number of hydrogen-bond acceptors (Lipinski definition) is 6. The third kappa shape index (κ3) is 4.92. The lowest BCUT2D eigenvalue weighted by Gasteiger charge is -2.34. The number of nitrogens with zero attached hydrogens (tertiary/aromatic N) is 2. The van der Waals surface area contributed by atoms with Crippen LogP contribution in [0.3, 0.4) is 0 Å². The van der Waals surface area contributed by atoms with Gasteiger partial charge < -0.3 is 19.1 Å². The number of amides is 1. The van der Waals surface area contributed by atoms with E-state index in [1.54, 1.807) is 42.5 Å². The molecule has 1 aliphatic heterocycles. The maximum atomic E-state index is 13.6. The van der Waals surface area contributed by atoms with Crippen LogP contribution >= 0.6 is 0 Å². The van der Waals surface area contributed by atoms with Crippen LogP contribution in [0, 0.1) is 0 Å². The highest BCUT2D eigenvalue weighted by Gasteiger charge is 2.35. The molecule has 0 unspecified atom stereocenters. The maximum absolute atomic E-state index is 13.6. The average molecular weight is 581 g/mol. The molecule has 0 aromatic heterocycles. The zero-order valence-electron chi connectivity index (χ0n) is 23.0. The Hall–Kier alpha value is -4.89. The third-order valence-corrected chi connectivity index (χ3v) is 8.97. The lowest BCUT2D eigenvalue weighted by Crippen LogP contribution is -2.48. The second kappa shape index (κ2) is 10.5. The number of aliphatic carboxylic acids is 1. The summed E-state index contributed by atoms with van der Waals surface area (Å²) in [5.74, 6) is -1.43. The summed E-state index contributed by atoms with van der Waals surface area (Å²) < 4.78 is 32.6. The number of fused-ring (bicyclic) bond motifs is 3. The van der Waals surface area contributed by atoms with Crippen LogP contribution < -0.4 is 9.08 Å². The number of carboxylic acids is 1. The molecule has 1 heterocycles. The van der Waals surface area contributed by atoms with E-state index in [1.165, 1.54) is 17.0 Å². The molecule has 0 saturated carbocycles. The Bertz CT molecular complexity index is 1990. The van der Waals surface area contributed by atoms with Crippen molar-refractivity contribution in [3.63, 3.8) is 0 Å². The highest BCUT2D eigenvalue weighted by atomic mass is 32.2. The lowest BCUT2D eigenvalue weighted by molar-refractivity contribution is -0.142. The molecule has 1 N–H and O–H groups in total. The van der Waals surface area contributed by atoms with Gasteiger partial charge in [-0.2, -0.15) is 8.42 Å². The van der Waals surface area contributed by atoms with Crippen LogP contribution in [0.2, 0.25) is 0 Å². The summed E-state index contributed by atoms with van der Waals surface area (Å²) in [6.07, 6.45) is 0.0909. The minimum atomic E-state index is -4.22. The molecule has 0 radical (unpaired) electrons. The van der Waals surface area contributed by atoms with Gasteiger partial charge in [0.1, 0.15) is 16.7 Å². The average Bonchev–Trinajstić information content (AvgIpc) is 2.98. The first-order valence-corrected chi connectivity index (χ1v) is 14.8. The van der Waals surface area contributed by atoms with Crippen LogP contribution in [0.4, 0.5) is 5.69 Å². The normalized spacial score (nSPS) is 14.9. The summed E-state index contributed by atoms with van der Waals surface area (Å²) in [5.41, 5.74) is 2.60. The quantitative estimate of drug-likeness (QED) is 0.265. The van der Waals surface area contributed by atoms with E-state index in [1.807, 2.05) is 61.5 Å². The topological polar surface area (TPSA) is 104 Å². The van der Waals surface area contributed by atoms with Crippen molar-refractivity contribution in [3.8, 4) is 5.75 Å². The van der Waals surface area contributed by atoms with Crippen LogP contribution in [0.5, 0.6) is 5.75 Å². The molecule has 212 valence electrons. The molecule has 8 nitrogen and oxygen atoms in total. The van der Waals surface area contributed by atoms with Crippen molar-refractivity contribution < 1.29 is 27.3 Å².